The van der Waals surface area contributed by atoms with Crippen LogP contribution in [0.15, 0.2) is 60.7 Å². The Morgan fingerprint density at radius 1 is 0.733 bits per heavy atom. The fourth-order valence-electron chi connectivity index (χ4n) is 2.79. The monoisotopic (exact) mass is 425 g/mol. The molecular formula is C21H13F6NO2. The molecule has 30 heavy (non-hydrogen) atoms. The molecule has 0 aliphatic heterocycles. The number of methoxy groups -OCH3 is 1. The van der Waals surface area contributed by atoms with E-state index in [0.717, 1.165) is 31.4 Å². The number of hydrogen-bond acceptors (Lipinski definition) is 3. The van der Waals surface area contributed by atoms with Crippen molar-refractivity contribution in [2.75, 3.05) is 7.11 Å². The number of esters is 1. The van der Waals surface area contributed by atoms with Gasteiger partial charge in [-0.15, -0.1) is 0 Å². The number of nitrogens with zero attached hydrogens (tertiary/aromatic N) is 1. The molecule has 3 rings (SSSR count). The number of aromatic nitrogens is 1. The summed E-state index contributed by atoms with van der Waals surface area (Å²) in [5.41, 5.74) is -0.732. The van der Waals surface area contributed by atoms with Crippen LogP contribution in [0.5, 0.6) is 0 Å². The Labute approximate surface area is 166 Å². The summed E-state index contributed by atoms with van der Waals surface area (Å²) >= 11 is 0. The Balaban J connectivity index is 2.13. The summed E-state index contributed by atoms with van der Waals surface area (Å²) < 4.78 is 81.6. The smallest absolute Gasteiger partial charge is 0.416 e. The molecule has 0 spiro atoms. The molecular weight excluding hydrogens is 412 g/mol. The maximum absolute atomic E-state index is 12.8. The quantitative estimate of drug-likeness (QED) is 0.368. The normalized spacial score (nSPS) is 12.0. The van der Waals surface area contributed by atoms with Crippen molar-refractivity contribution in [2.24, 2.45) is 0 Å². The highest BCUT2D eigenvalue weighted by Gasteiger charge is 2.31. The minimum atomic E-state index is -4.53. The van der Waals surface area contributed by atoms with Crippen LogP contribution >= 0.6 is 0 Å². The van der Waals surface area contributed by atoms with Gasteiger partial charge in [-0.1, -0.05) is 24.3 Å². The van der Waals surface area contributed by atoms with Crippen molar-refractivity contribution in [1.82, 2.24) is 4.98 Å². The lowest BCUT2D eigenvalue weighted by Gasteiger charge is -2.13. The van der Waals surface area contributed by atoms with Crippen molar-refractivity contribution in [1.29, 1.82) is 0 Å². The standard InChI is InChI=1S/C21H13F6NO2/c1-30-19(29)17-11-10-16(12-2-6-14(7-3-12)20(22,23)24)18(28-17)13-4-8-15(9-5-13)21(25,26)27/h2-11H,1H3. The fraction of sp³-hybridized carbons (Fsp3) is 0.143. The fourth-order valence-corrected chi connectivity index (χ4v) is 2.79. The number of halogens is 6. The van der Waals surface area contributed by atoms with Crippen LogP contribution in [0.25, 0.3) is 22.4 Å². The molecule has 0 saturated heterocycles. The maximum atomic E-state index is 12.8. The number of alkyl halides is 6. The van der Waals surface area contributed by atoms with Gasteiger partial charge in [0, 0.05) is 11.1 Å². The Morgan fingerprint density at radius 3 is 1.63 bits per heavy atom. The molecule has 0 aliphatic carbocycles. The minimum Gasteiger partial charge on any atom is -0.464 e. The number of hydrogen-bond donors (Lipinski definition) is 0. The lowest BCUT2D eigenvalue weighted by molar-refractivity contribution is -0.138. The van der Waals surface area contributed by atoms with Crippen molar-refractivity contribution in [2.45, 2.75) is 12.4 Å². The van der Waals surface area contributed by atoms with Gasteiger partial charge in [-0.25, -0.2) is 9.78 Å². The Bertz CT molecular complexity index is 1050. The van der Waals surface area contributed by atoms with Gasteiger partial charge in [0.05, 0.1) is 23.9 Å². The average molecular weight is 425 g/mol. The Kier molecular flexibility index (Phi) is 5.56. The SMILES string of the molecule is COC(=O)c1ccc(-c2ccc(C(F)(F)F)cc2)c(-c2ccc(C(F)(F)F)cc2)n1. The van der Waals surface area contributed by atoms with E-state index in [1.165, 1.54) is 36.4 Å². The van der Waals surface area contributed by atoms with Crippen LogP contribution in [0.1, 0.15) is 21.6 Å². The van der Waals surface area contributed by atoms with Gasteiger partial charge in [-0.2, -0.15) is 26.3 Å². The average Bonchev–Trinajstić information content (AvgIpc) is 2.71. The van der Waals surface area contributed by atoms with Gasteiger partial charge in [0.1, 0.15) is 5.69 Å². The van der Waals surface area contributed by atoms with Crippen molar-refractivity contribution in [3.05, 3.63) is 77.5 Å². The first-order chi connectivity index (χ1) is 14.0. The van der Waals surface area contributed by atoms with Crippen LogP contribution in [0.3, 0.4) is 0 Å². The van der Waals surface area contributed by atoms with E-state index >= 15 is 0 Å². The third kappa shape index (κ3) is 4.45. The molecule has 1 heterocycles. The summed E-state index contributed by atoms with van der Waals surface area (Å²) in [7, 11) is 1.14. The van der Waals surface area contributed by atoms with Crippen LogP contribution in [0.2, 0.25) is 0 Å². The van der Waals surface area contributed by atoms with Crippen LogP contribution in [0, 0.1) is 0 Å². The third-order valence-electron chi connectivity index (χ3n) is 4.30. The van der Waals surface area contributed by atoms with E-state index in [1.807, 2.05) is 0 Å². The molecule has 0 atom stereocenters. The summed E-state index contributed by atoms with van der Waals surface area (Å²) in [6.45, 7) is 0. The first-order valence-corrected chi connectivity index (χ1v) is 8.45. The molecule has 0 amide bonds. The van der Waals surface area contributed by atoms with Gasteiger partial charge >= 0.3 is 18.3 Å². The second-order valence-electron chi connectivity index (χ2n) is 6.23. The van der Waals surface area contributed by atoms with E-state index < -0.39 is 29.4 Å². The van der Waals surface area contributed by atoms with Crippen molar-refractivity contribution in [3.8, 4) is 22.4 Å². The third-order valence-corrected chi connectivity index (χ3v) is 4.30. The zero-order valence-electron chi connectivity index (χ0n) is 15.3. The predicted octanol–water partition coefficient (Wildman–Crippen LogP) is 6.24. The van der Waals surface area contributed by atoms with Crippen LogP contribution < -0.4 is 0 Å². The molecule has 1 aromatic heterocycles. The Morgan fingerprint density at radius 2 is 1.20 bits per heavy atom. The number of carbonyl (C=O) groups excluding carboxylic acids is 1. The zero-order valence-corrected chi connectivity index (χ0v) is 15.3. The maximum Gasteiger partial charge on any atom is 0.416 e. The first kappa shape index (κ1) is 21.4. The van der Waals surface area contributed by atoms with E-state index in [2.05, 4.69) is 9.72 Å². The summed E-state index contributed by atoms with van der Waals surface area (Å²) in [6.07, 6.45) is -9.04. The highest BCUT2D eigenvalue weighted by atomic mass is 19.4. The van der Waals surface area contributed by atoms with E-state index in [0.29, 0.717) is 11.1 Å². The van der Waals surface area contributed by atoms with Crippen molar-refractivity contribution < 1.29 is 35.9 Å². The number of carbonyl (C=O) groups is 1. The number of ether oxygens (including phenoxy) is 1. The highest BCUT2D eigenvalue weighted by molar-refractivity contribution is 5.90. The number of rotatable bonds is 3. The zero-order chi connectivity index (χ0) is 22.1. The second-order valence-corrected chi connectivity index (χ2v) is 6.23. The number of benzene rings is 2. The second kappa shape index (κ2) is 7.81. The molecule has 0 unspecified atom stereocenters. The molecule has 0 saturated carbocycles. The summed E-state index contributed by atoms with van der Waals surface area (Å²) in [6, 6.07) is 11.1. The first-order valence-electron chi connectivity index (χ1n) is 8.45. The van der Waals surface area contributed by atoms with Gasteiger partial charge in [-0.05, 0) is 42.0 Å². The Hall–Kier alpha value is -3.36. The van der Waals surface area contributed by atoms with Crippen LogP contribution in [-0.4, -0.2) is 18.1 Å². The van der Waals surface area contributed by atoms with Gasteiger partial charge < -0.3 is 4.74 Å². The largest absolute Gasteiger partial charge is 0.464 e. The molecule has 3 nitrogen and oxygen atoms in total. The van der Waals surface area contributed by atoms with Gasteiger partial charge in [0.2, 0.25) is 0 Å². The topological polar surface area (TPSA) is 39.2 Å². The molecule has 0 aliphatic rings. The molecule has 156 valence electrons. The highest BCUT2D eigenvalue weighted by Crippen LogP contribution is 2.36. The molecule has 0 N–H and O–H groups in total. The molecule has 0 radical (unpaired) electrons. The van der Waals surface area contributed by atoms with E-state index in [-0.39, 0.29) is 17.0 Å². The summed E-state index contributed by atoms with van der Waals surface area (Å²) in [4.78, 5) is 16.0. The molecule has 2 aromatic carbocycles. The molecule has 0 fully saturated rings. The van der Waals surface area contributed by atoms with Crippen molar-refractivity contribution in [3.63, 3.8) is 0 Å². The van der Waals surface area contributed by atoms with E-state index in [1.54, 1.807) is 0 Å². The number of pyridine rings is 1. The van der Waals surface area contributed by atoms with E-state index in [4.69, 9.17) is 0 Å². The lowest BCUT2D eigenvalue weighted by Crippen LogP contribution is -2.07. The van der Waals surface area contributed by atoms with Crippen LogP contribution in [0.4, 0.5) is 26.3 Å². The molecule has 3 aromatic rings. The van der Waals surface area contributed by atoms with Gasteiger partial charge in [0.15, 0.2) is 0 Å². The molecule has 0 bridgehead atoms. The minimum absolute atomic E-state index is 0.0944. The van der Waals surface area contributed by atoms with E-state index in [9.17, 15) is 31.1 Å². The molecule has 9 heteroatoms. The van der Waals surface area contributed by atoms with Gasteiger partial charge in [0.25, 0.3) is 0 Å². The van der Waals surface area contributed by atoms with Crippen LogP contribution in [-0.2, 0) is 17.1 Å². The summed E-state index contributed by atoms with van der Waals surface area (Å²) in [5.74, 6) is -0.762. The predicted molar refractivity (Wildman–Crippen MR) is 96.5 cm³/mol. The summed E-state index contributed by atoms with van der Waals surface area (Å²) in [5, 5.41) is 0. The van der Waals surface area contributed by atoms with Crippen molar-refractivity contribution >= 4 is 5.97 Å². The lowest BCUT2D eigenvalue weighted by atomic mass is 9.97. The van der Waals surface area contributed by atoms with Gasteiger partial charge in [-0.3, -0.25) is 0 Å².